The minimum absolute atomic E-state index is 0. The van der Waals surface area contributed by atoms with Crippen LogP contribution in [0.4, 0.5) is 0 Å². The van der Waals surface area contributed by atoms with Gasteiger partial charge in [-0.3, -0.25) is 4.79 Å². The molecule has 0 aromatic heterocycles. The number of nitrogens with zero attached hydrogens (tertiary/aromatic N) is 1. The molecule has 2 rings (SSSR count). The summed E-state index contributed by atoms with van der Waals surface area (Å²) in [6.45, 7) is 4.01. The maximum atomic E-state index is 12.2. The van der Waals surface area contributed by atoms with Crippen LogP contribution in [0.3, 0.4) is 0 Å². The zero-order valence-corrected chi connectivity index (χ0v) is 19.1. The van der Waals surface area contributed by atoms with Crippen molar-refractivity contribution in [2.45, 2.75) is 51.5 Å². The summed E-state index contributed by atoms with van der Waals surface area (Å²) in [4.78, 5) is 14.4. The molecule has 0 radical (unpaired) electrons. The van der Waals surface area contributed by atoms with Gasteiger partial charge in [0.2, 0.25) is 5.91 Å². The first-order valence-corrected chi connectivity index (χ1v) is 10.4. The molecule has 1 amide bonds. The van der Waals surface area contributed by atoms with Crippen LogP contribution >= 0.6 is 12.4 Å². The van der Waals surface area contributed by atoms with E-state index in [0.717, 1.165) is 49.5 Å². The Hall–Kier alpha value is -1.72. The molecule has 0 unspecified atom stereocenters. The maximum Gasteiger partial charge on any atom is 0.244 e. The molecular weight excluding hydrogens is 388 g/mol. The second-order valence-electron chi connectivity index (χ2n) is 8.07. The number of carbonyl (C=O) groups is 1. The van der Waals surface area contributed by atoms with Crippen LogP contribution in [0.25, 0.3) is 6.08 Å². The molecule has 1 aromatic rings. The van der Waals surface area contributed by atoms with Crippen LogP contribution in [0.2, 0.25) is 0 Å². The number of ether oxygens (including phenoxy) is 2. The van der Waals surface area contributed by atoms with Gasteiger partial charge in [0.25, 0.3) is 0 Å². The van der Waals surface area contributed by atoms with E-state index in [1.165, 1.54) is 12.8 Å². The lowest BCUT2D eigenvalue weighted by atomic mass is 9.87. The molecule has 6 heteroatoms. The number of unbranched alkanes of at least 4 members (excludes halogenated alkanes) is 1. The van der Waals surface area contributed by atoms with Crippen molar-refractivity contribution < 1.29 is 14.3 Å². The Morgan fingerprint density at radius 1 is 1.17 bits per heavy atom. The van der Waals surface area contributed by atoms with Crippen LogP contribution in [0.15, 0.2) is 24.3 Å². The number of rotatable bonds is 10. The maximum absolute atomic E-state index is 12.2. The minimum Gasteiger partial charge on any atom is -0.493 e. The number of hydrogen-bond donors (Lipinski definition) is 1. The molecule has 5 nitrogen and oxygen atoms in total. The predicted octanol–water partition coefficient (Wildman–Crippen LogP) is 4.55. The van der Waals surface area contributed by atoms with Crippen molar-refractivity contribution >= 4 is 24.4 Å². The number of nitrogens with one attached hydrogen (secondary N) is 1. The molecule has 1 aliphatic rings. The van der Waals surface area contributed by atoms with Crippen LogP contribution in [-0.4, -0.2) is 51.2 Å². The summed E-state index contributed by atoms with van der Waals surface area (Å²) < 4.78 is 11.3. The smallest absolute Gasteiger partial charge is 0.244 e. The van der Waals surface area contributed by atoms with Crippen molar-refractivity contribution in [3.05, 3.63) is 29.8 Å². The Morgan fingerprint density at radius 2 is 1.90 bits per heavy atom. The molecule has 29 heavy (non-hydrogen) atoms. The second-order valence-corrected chi connectivity index (χ2v) is 8.07. The minimum atomic E-state index is -0.0280. The molecule has 0 atom stereocenters. The van der Waals surface area contributed by atoms with Crippen molar-refractivity contribution in [3.63, 3.8) is 0 Å². The largest absolute Gasteiger partial charge is 0.493 e. The average Bonchev–Trinajstić information content (AvgIpc) is 2.68. The van der Waals surface area contributed by atoms with E-state index in [0.29, 0.717) is 18.4 Å². The summed E-state index contributed by atoms with van der Waals surface area (Å²) in [5.41, 5.74) is 0.921. The highest BCUT2D eigenvalue weighted by Crippen LogP contribution is 2.29. The highest BCUT2D eigenvalue weighted by molar-refractivity contribution is 5.92. The summed E-state index contributed by atoms with van der Waals surface area (Å²) >= 11 is 0. The Balaban J connectivity index is 0.00000420. The van der Waals surface area contributed by atoms with Gasteiger partial charge in [-0.2, -0.15) is 0 Å². The van der Waals surface area contributed by atoms with E-state index >= 15 is 0 Å². The van der Waals surface area contributed by atoms with Gasteiger partial charge in [0.1, 0.15) is 0 Å². The molecule has 1 aliphatic carbocycles. The van der Waals surface area contributed by atoms with E-state index < -0.39 is 0 Å². The molecule has 0 saturated heterocycles. The average molecular weight is 425 g/mol. The highest BCUT2D eigenvalue weighted by atomic mass is 35.5. The SMILES string of the molecule is COc1cc(C=CC(=O)NC2CCC(C)CC2)ccc1OCCCCN(C)C.Cl. The fourth-order valence-electron chi connectivity index (χ4n) is 3.44. The summed E-state index contributed by atoms with van der Waals surface area (Å²) in [6.07, 6.45) is 10.1. The summed E-state index contributed by atoms with van der Waals surface area (Å²) in [5, 5.41) is 3.11. The quantitative estimate of drug-likeness (QED) is 0.442. The van der Waals surface area contributed by atoms with Crippen molar-refractivity contribution in [1.82, 2.24) is 10.2 Å². The third kappa shape index (κ3) is 9.55. The van der Waals surface area contributed by atoms with E-state index in [1.54, 1.807) is 13.2 Å². The van der Waals surface area contributed by atoms with Crippen LogP contribution in [-0.2, 0) is 4.79 Å². The third-order valence-corrected chi connectivity index (χ3v) is 5.23. The van der Waals surface area contributed by atoms with Gasteiger partial charge in [0, 0.05) is 12.1 Å². The zero-order chi connectivity index (χ0) is 20.4. The van der Waals surface area contributed by atoms with Crippen molar-refractivity contribution in [3.8, 4) is 11.5 Å². The number of amides is 1. The van der Waals surface area contributed by atoms with E-state index in [1.807, 2.05) is 24.3 Å². The first kappa shape index (κ1) is 25.3. The number of methoxy groups -OCH3 is 1. The Bertz CT molecular complexity index is 641. The van der Waals surface area contributed by atoms with Crippen LogP contribution in [0.1, 0.15) is 51.0 Å². The van der Waals surface area contributed by atoms with Crippen molar-refractivity contribution in [1.29, 1.82) is 0 Å². The monoisotopic (exact) mass is 424 g/mol. The van der Waals surface area contributed by atoms with Gasteiger partial charge in [-0.25, -0.2) is 0 Å². The fraction of sp³-hybridized carbons (Fsp3) is 0.609. The van der Waals surface area contributed by atoms with Crippen LogP contribution < -0.4 is 14.8 Å². The molecule has 0 spiro atoms. The number of benzene rings is 1. The van der Waals surface area contributed by atoms with Gasteiger partial charge in [0.05, 0.1) is 13.7 Å². The number of halogens is 1. The van der Waals surface area contributed by atoms with Crippen molar-refractivity contribution in [2.24, 2.45) is 5.92 Å². The van der Waals surface area contributed by atoms with Gasteiger partial charge < -0.3 is 19.7 Å². The Labute approximate surface area is 182 Å². The lowest BCUT2D eigenvalue weighted by Gasteiger charge is -2.26. The molecule has 1 fully saturated rings. The van der Waals surface area contributed by atoms with Gasteiger partial charge >= 0.3 is 0 Å². The standard InChI is InChI=1S/C23H36N2O3.ClH/c1-18-7-11-20(12-8-18)24-23(26)14-10-19-9-13-21(22(17-19)27-4)28-16-6-5-15-25(2)3;/h9-10,13-14,17-18,20H,5-8,11-12,15-16H2,1-4H3,(H,24,26);1H. The van der Waals surface area contributed by atoms with E-state index in [-0.39, 0.29) is 18.3 Å². The molecule has 0 heterocycles. The molecule has 1 aromatic carbocycles. The molecule has 1 saturated carbocycles. The molecule has 164 valence electrons. The summed E-state index contributed by atoms with van der Waals surface area (Å²) in [5.74, 6) is 2.19. The second kappa shape index (κ2) is 13.5. The zero-order valence-electron chi connectivity index (χ0n) is 18.3. The molecule has 0 aliphatic heterocycles. The van der Waals surface area contributed by atoms with Gasteiger partial charge in [-0.05, 0) is 88.9 Å². The lowest BCUT2D eigenvalue weighted by Crippen LogP contribution is -2.36. The van der Waals surface area contributed by atoms with Crippen LogP contribution in [0.5, 0.6) is 11.5 Å². The normalized spacial score (nSPS) is 19.1. The van der Waals surface area contributed by atoms with E-state index in [2.05, 4.69) is 31.2 Å². The topological polar surface area (TPSA) is 50.8 Å². The summed E-state index contributed by atoms with van der Waals surface area (Å²) in [6, 6.07) is 6.07. The predicted molar refractivity (Wildman–Crippen MR) is 122 cm³/mol. The van der Waals surface area contributed by atoms with Crippen molar-refractivity contribution in [2.75, 3.05) is 34.4 Å². The van der Waals surface area contributed by atoms with E-state index in [9.17, 15) is 4.79 Å². The first-order valence-electron chi connectivity index (χ1n) is 10.4. The lowest BCUT2D eigenvalue weighted by molar-refractivity contribution is -0.117. The molecule has 0 bridgehead atoms. The Kier molecular flexibility index (Phi) is 11.8. The fourth-order valence-corrected chi connectivity index (χ4v) is 3.44. The third-order valence-electron chi connectivity index (χ3n) is 5.23. The molecular formula is C23H37ClN2O3. The highest BCUT2D eigenvalue weighted by Gasteiger charge is 2.18. The Morgan fingerprint density at radius 3 is 2.55 bits per heavy atom. The first-order chi connectivity index (χ1) is 13.5. The van der Waals surface area contributed by atoms with E-state index in [4.69, 9.17) is 9.47 Å². The van der Waals surface area contributed by atoms with Crippen LogP contribution in [0, 0.1) is 5.92 Å². The summed E-state index contributed by atoms with van der Waals surface area (Å²) in [7, 11) is 5.79. The number of hydrogen-bond acceptors (Lipinski definition) is 4. The number of carbonyl (C=O) groups excluding carboxylic acids is 1. The van der Waals surface area contributed by atoms with Gasteiger partial charge in [-0.1, -0.05) is 13.0 Å². The van der Waals surface area contributed by atoms with Gasteiger partial charge in [-0.15, -0.1) is 12.4 Å². The molecule has 1 N–H and O–H groups in total. The van der Waals surface area contributed by atoms with Gasteiger partial charge in [0.15, 0.2) is 11.5 Å².